The zero-order valence-electron chi connectivity index (χ0n) is 4.89. The summed E-state index contributed by atoms with van der Waals surface area (Å²) in [7, 11) is 0. The van der Waals surface area contributed by atoms with Crippen molar-refractivity contribution in [3.63, 3.8) is 0 Å². The molecule has 0 aliphatic heterocycles. The first-order valence-electron chi connectivity index (χ1n) is 2.37. The molecular weight excluding hydrogens is 120 g/mol. The molecule has 1 heteroatoms. The fourth-order valence-electron chi connectivity index (χ4n) is 0.256. The third kappa shape index (κ3) is 3.69. The molecule has 0 aliphatic carbocycles. The Morgan fingerprint density at radius 1 is 1.62 bits per heavy atom. The van der Waals surface area contributed by atoms with Gasteiger partial charge in [-0.1, -0.05) is 42.0 Å². The average molecular weight is 129 g/mol. The minimum atomic E-state index is 1.11. The van der Waals surface area contributed by atoms with Gasteiger partial charge >= 0.3 is 0 Å². The van der Waals surface area contributed by atoms with Crippen LogP contribution in [-0.2, 0) is 0 Å². The van der Waals surface area contributed by atoms with E-state index in [-0.39, 0.29) is 0 Å². The van der Waals surface area contributed by atoms with Gasteiger partial charge in [0.1, 0.15) is 0 Å². The monoisotopic (exact) mass is 128 g/mol. The largest absolute Gasteiger partial charge is 0.0988 e. The number of rotatable bonds is 2. The van der Waals surface area contributed by atoms with Crippen molar-refractivity contribution >= 4 is 11.6 Å². The quantitative estimate of drug-likeness (QED) is 0.502. The molecule has 0 radical (unpaired) electrons. The van der Waals surface area contributed by atoms with Crippen LogP contribution >= 0.6 is 11.6 Å². The van der Waals surface area contributed by atoms with Crippen molar-refractivity contribution in [2.75, 3.05) is 0 Å². The maximum Gasteiger partial charge on any atom is 0.00425 e. The zero-order valence-corrected chi connectivity index (χ0v) is 5.65. The molecule has 0 atom stereocenters. The lowest BCUT2D eigenvalue weighted by molar-refractivity contribution is 1.54. The smallest absolute Gasteiger partial charge is 0.00425 e. The Morgan fingerprint density at radius 3 is 2.62 bits per heavy atom. The summed E-state index contributed by atoms with van der Waals surface area (Å²) < 4.78 is 0. The molecule has 0 nitrogen and oxygen atoms in total. The molecule has 0 saturated heterocycles. The van der Waals surface area contributed by atoms with Crippen LogP contribution in [0.2, 0.25) is 0 Å². The van der Waals surface area contributed by atoms with Crippen molar-refractivity contribution < 1.29 is 0 Å². The first-order chi connectivity index (χ1) is 3.81. The van der Waals surface area contributed by atoms with Gasteiger partial charge in [0.05, 0.1) is 0 Å². The van der Waals surface area contributed by atoms with E-state index < -0.39 is 0 Å². The standard InChI is InChI=1S/C7H9Cl/c1-3-7(2)5-4-6-8/h3-6H,1H2,2H3/b6-4+,7-5-. The minimum Gasteiger partial charge on any atom is -0.0988 e. The molecule has 0 heterocycles. The van der Waals surface area contributed by atoms with E-state index in [0.29, 0.717) is 0 Å². The molecule has 0 aliphatic rings. The number of hydrogen-bond donors (Lipinski definition) is 0. The van der Waals surface area contributed by atoms with Crippen LogP contribution in [0, 0.1) is 0 Å². The Balaban J connectivity index is 3.74. The summed E-state index contributed by atoms with van der Waals surface area (Å²) in [6.07, 6.45) is 5.43. The Hall–Kier alpha value is -0.490. The van der Waals surface area contributed by atoms with Crippen molar-refractivity contribution in [2.45, 2.75) is 6.92 Å². The summed E-state index contributed by atoms with van der Waals surface area (Å²) in [4.78, 5) is 0. The number of halogens is 1. The van der Waals surface area contributed by atoms with E-state index in [1.165, 1.54) is 5.54 Å². The highest BCUT2D eigenvalue weighted by atomic mass is 35.5. The summed E-state index contributed by atoms with van der Waals surface area (Å²) in [5, 5.41) is 0. The van der Waals surface area contributed by atoms with Crippen LogP contribution in [0.4, 0.5) is 0 Å². The van der Waals surface area contributed by atoms with Gasteiger partial charge in [-0.3, -0.25) is 0 Å². The number of hydrogen-bond acceptors (Lipinski definition) is 0. The van der Waals surface area contributed by atoms with Crippen LogP contribution in [0.3, 0.4) is 0 Å². The third-order valence-corrected chi connectivity index (χ3v) is 0.899. The zero-order chi connectivity index (χ0) is 6.41. The molecule has 0 saturated carbocycles. The average Bonchev–Trinajstić information content (AvgIpc) is 1.83. The summed E-state index contributed by atoms with van der Waals surface area (Å²) in [6.45, 7) is 5.53. The van der Waals surface area contributed by atoms with Gasteiger partial charge in [0.15, 0.2) is 0 Å². The van der Waals surface area contributed by atoms with E-state index in [0.717, 1.165) is 5.57 Å². The fourth-order valence-corrected chi connectivity index (χ4v) is 0.329. The normalized spacial score (nSPS) is 12.5. The summed E-state index contributed by atoms with van der Waals surface area (Å²) in [5.41, 5.74) is 2.58. The second-order valence-corrected chi connectivity index (χ2v) is 1.69. The van der Waals surface area contributed by atoms with Crippen molar-refractivity contribution in [3.8, 4) is 0 Å². The number of allylic oxidation sites excluding steroid dienone is 4. The predicted molar refractivity (Wildman–Crippen MR) is 38.9 cm³/mol. The molecule has 44 valence electrons. The lowest BCUT2D eigenvalue weighted by atomic mass is 10.3. The molecule has 0 N–H and O–H groups in total. The van der Waals surface area contributed by atoms with Crippen molar-refractivity contribution in [3.05, 3.63) is 35.9 Å². The second kappa shape index (κ2) is 4.66. The highest BCUT2D eigenvalue weighted by Crippen LogP contribution is 1.92. The van der Waals surface area contributed by atoms with E-state index >= 15 is 0 Å². The molecule has 0 rings (SSSR count). The van der Waals surface area contributed by atoms with Crippen LogP contribution in [0.15, 0.2) is 35.9 Å². The molecule has 0 aromatic rings. The Morgan fingerprint density at radius 2 is 2.25 bits per heavy atom. The predicted octanol–water partition coefficient (Wildman–Crippen LogP) is 2.87. The first kappa shape index (κ1) is 7.51. The fraction of sp³-hybridized carbons (Fsp3) is 0.143. The van der Waals surface area contributed by atoms with E-state index in [2.05, 4.69) is 6.58 Å². The molecule has 0 fully saturated rings. The van der Waals surface area contributed by atoms with Crippen LogP contribution in [-0.4, -0.2) is 0 Å². The van der Waals surface area contributed by atoms with Crippen LogP contribution in [0.25, 0.3) is 0 Å². The molecule has 0 aromatic heterocycles. The van der Waals surface area contributed by atoms with Crippen LogP contribution in [0.5, 0.6) is 0 Å². The van der Waals surface area contributed by atoms with E-state index in [1.54, 1.807) is 12.2 Å². The van der Waals surface area contributed by atoms with Gasteiger partial charge in [0, 0.05) is 5.54 Å². The van der Waals surface area contributed by atoms with Crippen LogP contribution < -0.4 is 0 Å². The molecule has 0 aromatic carbocycles. The highest BCUT2D eigenvalue weighted by molar-refractivity contribution is 6.25. The van der Waals surface area contributed by atoms with E-state index in [1.807, 2.05) is 13.0 Å². The van der Waals surface area contributed by atoms with Gasteiger partial charge in [0.25, 0.3) is 0 Å². The summed E-state index contributed by atoms with van der Waals surface area (Å²) >= 11 is 5.24. The maximum absolute atomic E-state index is 5.24. The van der Waals surface area contributed by atoms with Gasteiger partial charge in [-0.25, -0.2) is 0 Å². The Bertz CT molecular complexity index is 120. The first-order valence-corrected chi connectivity index (χ1v) is 2.81. The SMILES string of the molecule is C=C/C(C)=C\C=C\Cl. The molecule has 0 bridgehead atoms. The van der Waals surface area contributed by atoms with Crippen molar-refractivity contribution in [2.24, 2.45) is 0 Å². The topological polar surface area (TPSA) is 0 Å². The lowest BCUT2D eigenvalue weighted by Gasteiger charge is -1.81. The van der Waals surface area contributed by atoms with Crippen molar-refractivity contribution in [1.82, 2.24) is 0 Å². The highest BCUT2D eigenvalue weighted by Gasteiger charge is 1.70. The molecule has 8 heavy (non-hydrogen) atoms. The van der Waals surface area contributed by atoms with Crippen molar-refractivity contribution in [1.29, 1.82) is 0 Å². The molecule has 0 spiro atoms. The van der Waals surface area contributed by atoms with Gasteiger partial charge < -0.3 is 0 Å². The van der Waals surface area contributed by atoms with Crippen LogP contribution in [0.1, 0.15) is 6.92 Å². The Labute approximate surface area is 55.2 Å². The van der Waals surface area contributed by atoms with Gasteiger partial charge in [-0.2, -0.15) is 0 Å². The second-order valence-electron chi connectivity index (χ2n) is 1.43. The van der Waals surface area contributed by atoms with Gasteiger partial charge in [-0.05, 0) is 6.92 Å². The maximum atomic E-state index is 5.24. The van der Waals surface area contributed by atoms with Gasteiger partial charge in [-0.15, -0.1) is 0 Å². The molecule has 0 amide bonds. The minimum absolute atomic E-state index is 1.11. The Kier molecular flexibility index (Phi) is 4.38. The van der Waals surface area contributed by atoms with Gasteiger partial charge in [0.2, 0.25) is 0 Å². The lowest BCUT2D eigenvalue weighted by Crippen LogP contribution is -1.59. The van der Waals surface area contributed by atoms with E-state index in [9.17, 15) is 0 Å². The molecule has 0 unspecified atom stereocenters. The summed E-state index contributed by atoms with van der Waals surface area (Å²) in [5.74, 6) is 0. The summed E-state index contributed by atoms with van der Waals surface area (Å²) in [6, 6.07) is 0. The third-order valence-electron chi connectivity index (χ3n) is 0.754. The van der Waals surface area contributed by atoms with E-state index in [4.69, 9.17) is 11.6 Å². The molecular formula is C7H9Cl.